The Hall–Kier alpha value is -1.51. The largest absolute Gasteiger partial charge is 0.398 e. The number of hydrogen-bond acceptors (Lipinski definition) is 2. The second-order valence-electron chi connectivity index (χ2n) is 5.35. The zero-order valence-corrected chi connectivity index (χ0v) is 11.3. The van der Waals surface area contributed by atoms with E-state index in [-0.39, 0.29) is 11.8 Å². The number of rotatable bonds is 2. The summed E-state index contributed by atoms with van der Waals surface area (Å²) >= 11 is 0. The SMILES string of the molecule is Cc1cc(C)c(NC(=O)C2CCCCC2)cc1N. The summed E-state index contributed by atoms with van der Waals surface area (Å²) in [7, 11) is 0. The summed E-state index contributed by atoms with van der Waals surface area (Å²) in [5.41, 5.74) is 9.62. The third-order valence-electron chi connectivity index (χ3n) is 3.85. The van der Waals surface area contributed by atoms with Gasteiger partial charge in [-0.05, 0) is 43.9 Å². The molecule has 18 heavy (non-hydrogen) atoms. The van der Waals surface area contributed by atoms with Crippen molar-refractivity contribution in [3.05, 3.63) is 23.3 Å². The van der Waals surface area contributed by atoms with E-state index in [2.05, 4.69) is 5.32 Å². The van der Waals surface area contributed by atoms with Crippen LogP contribution in [0.3, 0.4) is 0 Å². The molecule has 1 amide bonds. The molecule has 0 radical (unpaired) electrons. The first-order chi connectivity index (χ1) is 8.58. The van der Waals surface area contributed by atoms with Gasteiger partial charge in [0.15, 0.2) is 0 Å². The molecule has 3 N–H and O–H groups in total. The van der Waals surface area contributed by atoms with Crippen molar-refractivity contribution < 1.29 is 4.79 Å². The number of carbonyl (C=O) groups excluding carboxylic acids is 1. The second kappa shape index (κ2) is 5.42. The second-order valence-corrected chi connectivity index (χ2v) is 5.35. The maximum Gasteiger partial charge on any atom is 0.227 e. The van der Waals surface area contributed by atoms with E-state index < -0.39 is 0 Å². The van der Waals surface area contributed by atoms with E-state index in [1.54, 1.807) is 0 Å². The summed E-state index contributed by atoms with van der Waals surface area (Å²) in [4.78, 5) is 12.2. The first-order valence-corrected chi connectivity index (χ1v) is 6.75. The van der Waals surface area contributed by atoms with Gasteiger partial charge in [-0.15, -0.1) is 0 Å². The highest BCUT2D eigenvalue weighted by molar-refractivity contribution is 5.93. The molecule has 2 rings (SSSR count). The van der Waals surface area contributed by atoms with E-state index in [9.17, 15) is 4.79 Å². The lowest BCUT2D eigenvalue weighted by Gasteiger charge is -2.21. The molecule has 1 aliphatic rings. The van der Waals surface area contributed by atoms with Crippen molar-refractivity contribution in [1.82, 2.24) is 0 Å². The van der Waals surface area contributed by atoms with Gasteiger partial charge in [-0.1, -0.05) is 25.3 Å². The van der Waals surface area contributed by atoms with Gasteiger partial charge in [0.25, 0.3) is 0 Å². The van der Waals surface area contributed by atoms with Crippen LogP contribution in [0.4, 0.5) is 11.4 Å². The summed E-state index contributed by atoms with van der Waals surface area (Å²) < 4.78 is 0. The Morgan fingerprint density at radius 1 is 1.17 bits per heavy atom. The van der Waals surface area contributed by atoms with Gasteiger partial charge < -0.3 is 11.1 Å². The van der Waals surface area contributed by atoms with Crippen molar-refractivity contribution in [1.29, 1.82) is 0 Å². The van der Waals surface area contributed by atoms with Crippen molar-refractivity contribution in [3.8, 4) is 0 Å². The number of nitrogen functional groups attached to an aromatic ring is 1. The molecule has 3 heteroatoms. The third kappa shape index (κ3) is 2.84. The van der Waals surface area contributed by atoms with E-state index in [0.717, 1.165) is 35.3 Å². The minimum Gasteiger partial charge on any atom is -0.398 e. The lowest BCUT2D eigenvalue weighted by molar-refractivity contribution is -0.120. The first-order valence-electron chi connectivity index (χ1n) is 6.75. The summed E-state index contributed by atoms with van der Waals surface area (Å²) in [5, 5.41) is 3.03. The number of hydrogen-bond donors (Lipinski definition) is 2. The van der Waals surface area contributed by atoms with Gasteiger partial charge in [0.1, 0.15) is 0 Å². The highest BCUT2D eigenvalue weighted by atomic mass is 16.1. The van der Waals surface area contributed by atoms with Gasteiger partial charge in [0.2, 0.25) is 5.91 Å². The van der Waals surface area contributed by atoms with E-state index in [4.69, 9.17) is 5.73 Å². The minimum atomic E-state index is 0.154. The molecule has 1 aliphatic carbocycles. The fourth-order valence-corrected chi connectivity index (χ4v) is 2.60. The Labute approximate surface area is 109 Å². The predicted octanol–water partition coefficient (Wildman–Crippen LogP) is 3.40. The van der Waals surface area contributed by atoms with Crippen LogP contribution in [0, 0.1) is 19.8 Å². The van der Waals surface area contributed by atoms with Crippen molar-refractivity contribution >= 4 is 17.3 Å². The smallest absolute Gasteiger partial charge is 0.227 e. The maximum absolute atomic E-state index is 12.2. The summed E-state index contributed by atoms with van der Waals surface area (Å²) in [6.45, 7) is 3.98. The normalized spacial score (nSPS) is 16.6. The van der Waals surface area contributed by atoms with Crippen LogP contribution in [0.25, 0.3) is 0 Å². The average molecular weight is 246 g/mol. The number of amides is 1. The lowest BCUT2D eigenvalue weighted by Crippen LogP contribution is -2.25. The average Bonchev–Trinajstić information content (AvgIpc) is 2.37. The number of anilines is 2. The molecule has 0 saturated heterocycles. The molecule has 0 spiro atoms. The molecule has 0 aliphatic heterocycles. The van der Waals surface area contributed by atoms with Crippen molar-refractivity contribution in [2.45, 2.75) is 46.0 Å². The van der Waals surface area contributed by atoms with E-state index in [0.29, 0.717) is 0 Å². The van der Waals surface area contributed by atoms with Gasteiger partial charge in [0, 0.05) is 17.3 Å². The van der Waals surface area contributed by atoms with E-state index in [1.165, 1.54) is 19.3 Å². The third-order valence-corrected chi connectivity index (χ3v) is 3.85. The van der Waals surface area contributed by atoms with Crippen LogP contribution in [0.5, 0.6) is 0 Å². The number of nitrogens with one attached hydrogen (secondary N) is 1. The van der Waals surface area contributed by atoms with Crippen LogP contribution in [0.2, 0.25) is 0 Å². The highest BCUT2D eigenvalue weighted by Gasteiger charge is 2.21. The van der Waals surface area contributed by atoms with Crippen LogP contribution >= 0.6 is 0 Å². The molecule has 1 aromatic rings. The van der Waals surface area contributed by atoms with Crippen LogP contribution < -0.4 is 11.1 Å². The number of nitrogens with two attached hydrogens (primary N) is 1. The van der Waals surface area contributed by atoms with E-state index in [1.807, 2.05) is 26.0 Å². The molecule has 1 fully saturated rings. The fourth-order valence-electron chi connectivity index (χ4n) is 2.60. The fraction of sp³-hybridized carbons (Fsp3) is 0.533. The van der Waals surface area contributed by atoms with Gasteiger partial charge in [-0.25, -0.2) is 0 Å². The molecule has 1 aromatic carbocycles. The summed E-state index contributed by atoms with van der Waals surface area (Å²) in [6, 6.07) is 3.89. The van der Waals surface area contributed by atoms with Crippen molar-refractivity contribution in [2.75, 3.05) is 11.1 Å². The Bertz CT molecular complexity index is 448. The summed E-state index contributed by atoms with van der Waals surface area (Å²) in [5.74, 6) is 0.335. The standard InChI is InChI=1S/C15H22N2O/c1-10-8-11(2)14(9-13(10)16)17-15(18)12-6-4-3-5-7-12/h8-9,12H,3-7,16H2,1-2H3,(H,17,18). The quantitative estimate of drug-likeness (QED) is 0.786. The maximum atomic E-state index is 12.2. The zero-order valence-electron chi connectivity index (χ0n) is 11.3. The van der Waals surface area contributed by atoms with Gasteiger partial charge in [-0.2, -0.15) is 0 Å². The van der Waals surface area contributed by atoms with Crippen LogP contribution in [0.1, 0.15) is 43.2 Å². The number of aryl methyl sites for hydroxylation is 2. The van der Waals surface area contributed by atoms with Gasteiger partial charge in [0.05, 0.1) is 0 Å². The Kier molecular flexibility index (Phi) is 3.90. The number of carbonyl (C=O) groups is 1. The molecular weight excluding hydrogens is 224 g/mol. The van der Waals surface area contributed by atoms with Crippen molar-refractivity contribution in [2.24, 2.45) is 5.92 Å². The van der Waals surface area contributed by atoms with Gasteiger partial charge in [-0.3, -0.25) is 4.79 Å². The molecule has 0 aromatic heterocycles. The molecule has 0 unspecified atom stereocenters. The highest BCUT2D eigenvalue weighted by Crippen LogP contribution is 2.27. The van der Waals surface area contributed by atoms with Crippen LogP contribution in [-0.4, -0.2) is 5.91 Å². The summed E-state index contributed by atoms with van der Waals surface area (Å²) in [6.07, 6.45) is 5.65. The molecule has 98 valence electrons. The topological polar surface area (TPSA) is 55.1 Å². The predicted molar refractivity (Wildman–Crippen MR) is 75.5 cm³/mol. The molecule has 0 heterocycles. The number of benzene rings is 1. The van der Waals surface area contributed by atoms with Crippen molar-refractivity contribution in [3.63, 3.8) is 0 Å². The van der Waals surface area contributed by atoms with E-state index >= 15 is 0 Å². The zero-order chi connectivity index (χ0) is 13.1. The Balaban J connectivity index is 2.08. The molecule has 1 saturated carbocycles. The molecule has 0 atom stereocenters. The van der Waals surface area contributed by atoms with Gasteiger partial charge >= 0.3 is 0 Å². The lowest BCUT2D eigenvalue weighted by atomic mass is 9.88. The molecule has 3 nitrogen and oxygen atoms in total. The Morgan fingerprint density at radius 2 is 1.83 bits per heavy atom. The first kappa shape index (κ1) is 12.9. The van der Waals surface area contributed by atoms with Crippen LogP contribution in [-0.2, 0) is 4.79 Å². The minimum absolute atomic E-state index is 0.154. The monoisotopic (exact) mass is 246 g/mol. The van der Waals surface area contributed by atoms with Crippen LogP contribution in [0.15, 0.2) is 12.1 Å². The molecular formula is C15H22N2O. The Morgan fingerprint density at radius 3 is 2.50 bits per heavy atom. The molecule has 0 bridgehead atoms.